The Morgan fingerprint density at radius 2 is 1.00 bits per heavy atom. The van der Waals surface area contributed by atoms with Crippen LogP contribution in [0.3, 0.4) is 0 Å². The third-order valence-electron chi connectivity index (χ3n) is 4.60. The second kappa shape index (κ2) is 7.66. The summed E-state index contributed by atoms with van der Waals surface area (Å²) in [5, 5.41) is 0. The summed E-state index contributed by atoms with van der Waals surface area (Å²) in [6.45, 7) is 4.25. The molecule has 4 rings (SSSR count). The van der Waals surface area contributed by atoms with Crippen LogP contribution in [0.25, 0.3) is 33.5 Å². The van der Waals surface area contributed by atoms with E-state index in [1.807, 2.05) is 0 Å². The monoisotopic (exact) mass is 408 g/mol. The van der Waals surface area contributed by atoms with Crippen LogP contribution in [0.15, 0.2) is 58.3 Å². The number of benzene rings is 2. The first-order chi connectivity index (χ1) is 13.1. The Hall–Kier alpha value is -1.82. The minimum Gasteiger partial charge on any atom is -0.243 e. The standard InChI is InChI=1S/C22H20N2S3/c1-13-19-20(14(2)27-13)24-22(16-7-11-18(26-4)12-8-16)21(23-19)15-5-9-17(25-3)10-6-15/h5-12H,1-4H3. The highest BCUT2D eigenvalue weighted by Crippen LogP contribution is 2.36. The van der Waals surface area contributed by atoms with Crippen molar-refractivity contribution in [2.75, 3.05) is 12.5 Å². The quantitative estimate of drug-likeness (QED) is 0.337. The van der Waals surface area contributed by atoms with Crippen molar-refractivity contribution < 1.29 is 0 Å². The van der Waals surface area contributed by atoms with Crippen LogP contribution in [0.5, 0.6) is 0 Å². The molecular formula is C22H20N2S3. The molecule has 0 spiro atoms. The summed E-state index contributed by atoms with van der Waals surface area (Å²) in [7, 11) is 0. The van der Waals surface area contributed by atoms with Crippen molar-refractivity contribution >= 4 is 45.9 Å². The van der Waals surface area contributed by atoms with Crippen LogP contribution in [0.1, 0.15) is 9.75 Å². The van der Waals surface area contributed by atoms with Crippen molar-refractivity contribution in [1.29, 1.82) is 0 Å². The number of aromatic nitrogens is 2. The van der Waals surface area contributed by atoms with Crippen LogP contribution in [0.2, 0.25) is 0 Å². The molecule has 0 fully saturated rings. The van der Waals surface area contributed by atoms with Gasteiger partial charge in [-0.3, -0.25) is 0 Å². The number of nitrogens with zero attached hydrogens (tertiary/aromatic N) is 2. The van der Waals surface area contributed by atoms with Crippen LogP contribution >= 0.6 is 34.9 Å². The van der Waals surface area contributed by atoms with E-state index < -0.39 is 0 Å². The molecule has 0 amide bonds. The molecule has 0 aliphatic carbocycles. The van der Waals surface area contributed by atoms with E-state index in [2.05, 4.69) is 74.9 Å². The fraction of sp³-hybridized carbons (Fsp3) is 0.182. The minimum absolute atomic E-state index is 0.952. The maximum Gasteiger partial charge on any atom is 0.103 e. The maximum absolute atomic E-state index is 5.08. The molecule has 0 saturated heterocycles. The molecule has 27 heavy (non-hydrogen) atoms. The zero-order valence-electron chi connectivity index (χ0n) is 15.7. The predicted molar refractivity (Wildman–Crippen MR) is 121 cm³/mol. The van der Waals surface area contributed by atoms with E-state index in [-0.39, 0.29) is 0 Å². The first-order valence-corrected chi connectivity index (χ1v) is 11.9. The van der Waals surface area contributed by atoms with Gasteiger partial charge in [0.2, 0.25) is 0 Å². The zero-order valence-corrected chi connectivity index (χ0v) is 18.2. The number of rotatable bonds is 4. The molecule has 0 atom stereocenters. The summed E-state index contributed by atoms with van der Waals surface area (Å²) in [6, 6.07) is 17.2. The van der Waals surface area contributed by atoms with Gasteiger partial charge in [-0.05, 0) is 50.6 Å². The molecule has 5 heteroatoms. The second-order valence-corrected chi connectivity index (χ2v) is 9.48. The van der Waals surface area contributed by atoms with Gasteiger partial charge in [-0.2, -0.15) is 0 Å². The van der Waals surface area contributed by atoms with E-state index in [1.165, 1.54) is 19.5 Å². The van der Waals surface area contributed by atoms with Crippen molar-refractivity contribution in [1.82, 2.24) is 9.97 Å². The van der Waals surface area contributed by atoms with E-state index >= 15 is 0 Å². The maximum atomic E-state index is 5.08. The van der Waals surface area contributed by atoms with Crippen molar-refractivity contribution in [2.45, 2.75) is 23.6 Å². The molecule has 0 saturated carbocycles. The SMILES string of the molecule is CSc1ccc(-c2nc3c(C)sc(C)c3nc2-c2ccc(SC)cc2)cc1. The molecule has 2 aromatic heterocycles. The number of thiophene rings is 1. The summed E-state index contributed by atoms with van der Waals surface area (Å²) < 4.78 is 0. The van der Waals surface area contributed by atoms with Crippen molar-refractivity contribution in [2.24, 2.45) is 0 Å². The summed E-state index contributed by atoms with van der Waals surface area (Å²) >= 11 is 5.27. The van der Waals surface area contributed by atoms with Crippen LogP contribution in [-0.2, 0) is 0 Å². The molecule has 4 aromatic rings. The highest BCUT2D eigenvalue weighted by Gasteiger charge is 2.17. The molecule has 2 aromatic carbocycles. The van der Waals surface area contributed by atoms with Crippen LogP contribution < -0.4 is 0 Å². The van der Waals surface area contributed by atoms with E-state index in [4.69, 9.17) is 9.97 Å². The first-order valence-electron chi connectivity index (χ1n) is 8.67. The molecule has 0 radical (unpaired) electrons. The lowest BCUT2D eigenvalue weighted by Gasteiger charge is -2.11. The van der Waals surface area contributed by atoms with Gasteiger partial charge >= 0.3 is 0 Å². The molecule has 2 nitrogen and oxygen atoms in total. The smallest absolute Gasteiger partial charge is 0.103 e. The topological polar surface area (TPSA) is 25.8 Å². The molecule has 0 aliphatic rings. The number of thioether (sulfide) groups is 2. The zero-order chi connectivity index (χ0) is 19.0. The lowest BCUT2D eigenvalue weighted by atomic mass is 10.0. The Bertz CT molecular complexity index is 1010. The fourth-order valence-corrected chi connectivity index (χ4v) is 4.91. The first kappa shape index (κ1) is 18.5. The summed E-state index contributed by atoms with van der Waals surface area (Å²) in [4.78, 5) is 15.1. The average Bonchev–Trinajstić information content (AvgIpc) is 3.00. The summed E-state index contributed by atoms with van der Waals surface area (Å²) in [5.74, 6) is 0. The molecule has 0 unspecified atom stereocenters. The average molecular weight is 409 g/mol. The third-order valence-corrected chi connectivity index (χ3v) is 7.08. The Labute approximate surface area is 172 Å². The normalized spacial score (nSPS) is 11.3. The largest absolute Gasteiger partial charge is 0.243 e. The fourth-order valence-electron chi connectivity index (χ4n) is 3.15. The highest BCUT2D eigenvalue weighted by atomic mass is 32.2. The van der Waals surface area contributed by atoms with Gasteiger partial charge in [0.05, 0.1) is 11.4 Å². The van der Waals surface area contributed by atoms with Crippen LogP contribution in [0, 0.1) is 13.8 Å². The van der Waals surface area contributed by atoms with Crippen LogP contribution in [0.4, 0.5) is 0 Å². The van der Waals surface area contributed by atoms with Gasteiger partial charge in [0.15, 0.2) is 0 Å². The molecule has 136 valence electrons. The van der Waals surface area contributed by atoms with E-state index in [0.717, 1.165) is 33.5 Å². The molecular weight excluding hydrogens is 388 g/mol. The molecule has 0 N–H and O–H groups in total. The summed E-state index contributed by atoms with van der Waals surface area (Å²) in [5.41, 5.74) is 6.15. The van der Waals surface area contributed by atoms with Gasteiger partial charge in [-0.1, -0.05) is 24.3 Å². The molecule has 0 bridgehead atoms. The minimum atomic E-state index is 0.952. The Morgan fingerprint density at radius 3 is 1.33 bits per heavy atom. The Balaban J connectivity index is 1.96. The van der Waals surface area contributed by atoms with Gasteiger partial charge in [-0.25, -0.2) is 9.97 Å². The van der Waals surface area contributed by atoms with Gasteiger partial charge < -0.3 is 0 Å². The number of hydrogen-bond acceptors (Lipinski definition) is 5. The van der Waals surface area contributed by atoms with E-state index in [9.17, 15) is 0 Å². The second-order valence-electron chi connectivity index (χ2n) is 6.29. The molecule has 2 heterocycles. The number of hydrogen-bond donors (Lipinski definition) is 0. The van der Waals surface area contributed by atoms with E-state index in [1.54, 1.807) is 34.9 Å². The van der Waals surface area contributed by atoms with Crippen molar-refractivity contribution in [3.8, 4) is 22.5 Å². The lowest BCUT2D eigenvalue weighted by molar-refractivity contribution is 1.28. The summed E-state index contributed by atoms with van der Waals surface area (Å²) in [6.07, 6.45) is 4.19. The van der Waals surface area contributed by atoms with Gasteiger partial charge in [-0.15, -0.1) is 34.9 Å². The van der Waals surface area contributed by atoms with Gasteiger partial charge in [0, 0.05) is 30.7 Å². The highest BCUT2D eigenvalue weighted by molar-refractivity contribution is 7.98. The molecule has 0 aliphatic heterocycles. The Kier molecular flexibility index (Phi) is 5.26. The number of aryl methyl sites for hydroxylation is 2. The van der Waals surface area contributed by atoms with Gasteiger partial charge in [0.25, 0.3) is 0 Å². The van der Waals surface area contributed by atoms with Crippen molar-refractivity contribution in [3.05, 3.63) is 58.3 Å². The van der Waals surface area contributed by atoms with Crippen LogP contribution in [-0.4, -0.2) is 22.5 Å². The van der Waals surface area contributed by atoms with Gasteiger partial charge in [0.1, 0.15) is 11.0 Å². The number of fused-ring (bicyclic) bond motifs is 1. The van der Waals surface area contributed by atoms with E-state index in [0.29, 0.717) is 0 Å². The predicted octanol–water partition coefficient (Wildman–Crippen LogP) is 7.09. The van der Waals surface area contributed by atoms with Crippen molar-refractivity contribution in [3.63, 3.8) is 0 Å². The lowest BCUT2D eigenvalue weighted by Crippen LogP contribution is -1.95. The Morgan fingerprint density at radius 1 is 0.630 bits per heavy atom. The third kappa shape index (κ3) is 3.51.